The Labute approximate surface area is 205 Å². The van der Waals surface area contributed by atoms with Crippen LogP contribution in [0.4, 0.5) is 4.79 Å². The first kappa shape index (κ1) is 24.7. The van der Waals surface area contributed by atoms with Crippen LogP contribution in [-0.4, -0.2) is 54.5 Å². The van der Waals surface area contributed by atoms with Gasteiger partial charge in [-0.05, 0) is 54.9 Å². The van der Waals surface area contributed by atoms with Crippen molar-refractivity contribution in [1.82, 2.24) is 10.6 Å². The van der Waals surface area contributed by atoms with E-state index < -0.39 is 35.7 Å². The highest BCUT2D eigenvalue weighted by Gasteiger charge is 2.45. The van der Waals surface area contributed by atoms with Gasteiger partial charge in [0.15, 0.2) is 6.04 Å². The van der Waals surface area contributed by atoms with E-state index in [-0.39, 0.29) is 24.9 Å². The summed E-state index contributed by atoms with van der Waals surface area (Å²) >= 11 is 0. The fraction of sp³-hybridized carbons (Fsp3) is 0.444. The molecule has 0 radical (unpaired) electrons. The summed E-state index contributed by atoms with van der Waals surface area (Å²) < 4.78 is 10.7. The third-order valence-electron chi connectivity index (χ3n) is 7.16. The Morgan fingerprint density at radius 2 is 1.63 bits per heavy atom. The number of rotatable bonds is 10. The smallest absolute Gasteiger partial charge is 0.407 e. The van der Waals surface area contributed by atoms with Gasteiger partial charge in [-0.15, -0.1) is 0 Å². The Bertz CT molecular complexity index is 1070. The van der Waals surface area contributed by atoms with Gasteiger partial charge in [0.2, 0.25) is 5.91 Å². The first-order valence-electron chi connectivity index (χ1n) is 11.9. The van der Waals surface area contributed by atoms with Crippen molar-refractivity contribution in [2.24, 2.45) is 5.92 Å². The summed E-state index contributed by atoms with van der Waals surface area (Å²) in [5.41, 5.74) is 3.70. The summed E-state index contributed by atoms with van der Waals surface area (Å²) in [5, 5.41) is 14.8. The van der Waals surface area contributed by atoms with Gasteiger partial charge in [0, 0.05) is 19.4 Å². The van der Waals surface area contributed by atoms with E-state index in [1.807, 2.05) is 24.3 Å². The number of hydrogen-bond acceptors (Lipinski definition) is 5. The largest absolute Gasteiger partial charge is 0.480 e. The fourth-order valence-electron chi connectivity index (χ4n) is 4.95. The van der Waals surface area contributed by atoms with Crippen LogP contribution in [-0.2, 0) is 19.1 Å². The van der Waals surface area contributed by atoms with E-state index in [2.05, 4.69) is 34.9 Å². The van der Waals surface area contributed by atoms with Crippen molar-refractivity contribution in [3.05, 3.63) is 59.7 Å². The lowest BCUT2D eigenvalue weighted by molar-refractivity contribution is -0.145. The number of nitrogens with one attached hydrogen (secondary N) is 2. The molecule has 4 rings (SSSR count). The molecule has 186 valence electrons. The summed E-state index contributed by atoms with van der Waals surface area (Å²) in [6, 6.07) is 15.0. The number of methoxy groups -OCH3 is 1. The Morgan fingerprint density at radius 3 is 2.14 bits per heavy atom. The molecule has 2 amide bonds. The zero-order valence-corrected chi connectivity index (χ0v) is 20.2. The summed E-state index contributed by atoms with van der Waals surface area (Å²) in [6.07, 6.45) is 0.421. The van der Waals surface area contributed by atoms with Crippen molar-refractivity contribution in [2.75, 3.05) is 13.7 Å². The maximum Gasteiger partial charge on any atom is 0.407 e. The number of hydrogen-bond donors (Lipinski definition) is 3. The molecule has 0 saturated heterocycles. The van der Waals surface area contributed by atoms with Crippen LogP contribution in [0, 0.1) is 5.92 Å². The van der Waals surface area contributed by atoms with Crippen LogP contribution >= 0.6 is 0 Å². The standard InChI is InChI=1S/C27H32N2O6/c1-16(34-3)24(25(31)32)28-23(30)14-27(2,17-12-13-17)29-26(33)35-15-22-20-10-6-4-8-18(20)19-9-5-7-11-21(19)22/h4-11,16-17,22,24H,12-15H2,1-3H3,(H,28,30)(H,29,33)(H,31,32). The van der Waals surface area contributed by atoms with Gasteiger partial charge in [0.1, 0.15) is 6.61 Å². The molecule has 2 aliphatic carbocycles. The van der Waals surface area contributed by atoms with Crippen molar-refractivity contribution in [2.45, 2.75) is 56.7 Å². The molecule has 0 aromatic heterocycles. The third-order valence-corrected chi connectivity index (χ3v) is 7.16. The topological polar surface area (TPSA) is 114 Å². The third kappa shape index (κ3) is 5.32. The van der Waals surface area contributed by atoms with Gasteiger partial charge in [0.25, 0.3) is 0 Å². The zero-order valence-electron chi connectivity index (χ0n) is 20.2. The van der Waals surface area contributed by atoms with Crippen molar-refractivity contribution in [3.8, 4) is 11.1 Å². The average molecular weight is 481 g/mol. The number of aliphatic carboxylic acids is 1. The second kappa shape index (κ2) is 10.1. The van der Waals surface area contributed by atoms with E-state index in [9.17, 15) is 19.5 Å². The van der Waals surface area contributed by atoms with Gasteiger partial charge in [-0.3, -0.25) is 4.79 Å². The first-order valence-corrected chi connectivity index (χ1v) is 11.9. The molecule has 0 spiro atoms. The summed E-state index contributed by atoms with van der Waals surface area (Å²) in [7, 11) is 1.39. The summed E-state index contributed by atoms with van der Waals surface area (Å²) in [6.45, 7) is 3.56. The molecule has 3 N–H and O–H groups in total. The number of benzene rings is 2. The Kier molecular flexibility index (Phi) is 7.12. The zero-order chi connectivity index (χ0) is 25.2. The number of ether oxygens (including phenoxy) is 2. The van der Waals surface area contributed by atoms with Crippen LogP contribution in [0.15, 0.2) is 48.5 Å². The molecule has 8 heteroatoms. The van der Waals surface area contributed by atoms with Crippen molar-refractivity contribution in [1.29, 1.82) is 0 Å². The van der Waals surface area contributed by atoms with Crippen LogP contribution in [0.2, 0.25) is 0 Å². The summed E-state index contributed by atoms with van der Waals surface area (Å²) in [4.78, 5) is 37.1. The minimum atomic E-state index is -1.18. The van der Waals surface area contributed by atoms with Crippen molar-refractivity contribution >= 4 is 18.0 Å². The van der Waals surface area contributed by atoms with Gasteiger partial charge in [0.05, 0.1) is 11.6 Å². The average Bonchev–Trinajstić information content (AvgIpc) is 3.65. The van der Waals surface area contributed by atoms with Gasteiger partial charge in [-0.1, -0.05) is 48.5 Å². The Morgan fingerprint density at radius 1 is 1.06 bits per heavy atom. The molecule has 2 aromatic carbocycles. The Hall–Kier alpha value is -3.39. The van der Waals surface area contributed by atoms with E-state index in [4.69, 9.17) is 9.47 Å². The van der Waals surface area contributed by atoms with Crippen molar-refractivity contribution in [3.63, 3.8) is 0 Å². The predicted octanol–water partition coefficient (Wildman–Crippen LogP) is 3.69. The van der Waals surface area contributed by atoms with Crippen LogP contribution in [0.5, 0.6) is 0 Å². The maximum absolute atomic E-state index is 12.9. The minimum Gasteiger partial charge on any atom is -0.480 e. The van der Waals surface area contributed by atoms with Crippen LogP contribution in [0.1, 0.15) is 50.2 Å². The molecule has 0 aliphatic heterocycles. The quantitative estimate of drug-likeness (QED) is 0.478. The molecule has 3 unspecified atom stereocenters. The van der Waals surface area contributed by atoms with Gasteiger partial charge in [-0.2, -0.15) is 0 Å². The molecular formula is C27H32N2O6. The van der Waals surface area contributed by atoms with E-state index in [1.165, 1.54) is 7.11 Å². The Balaban J connectivity index is 1.40. The van der Waals surface area contributed by atoms with E-state index in [0.717, 1.165) is 35.1 Å². The number of fused-ring (bicyclic) bond motifs is 3. The highest BCUT2D eigenvalue weighted by atomic mass is 16.5. The molecule has 0 bridgehead atoms. The van der Waals surface area contributed by atoms with E-state index in [1.54, 1.807) is 13.8 Å². The number of amides is 2. The molecule has 2 aliphatic rings. The molecule has 0 heterocycles. The molecule has 2 aromatic rings. The molecule has 3 atom stereocenters. The fourth-order valence-corrected chi connectivity index (χ4v) is 4.95. The van der Waals surface area contributed by atoms with Gasteiger partial charge >= 0.3 is 12.1 Å². The highest BCUT2D eigenvalue weighted by Crippen LogP contribution is 2.45. The lowest BCUT2D eigenvalue weighted by Gasteiger charge is -2.31. The molecule has 35 heavy (non-hydrogen) atoms. The molecule has 8 nitrogen and oxygen atoms in total. The molecule has 1 fully saturated rings. The maximum atomic E-state index is 12.9. The van der Waals surface area contributed by atoms with E-state index in [0.29, 0.717) is 0 Å². The van der Waals surface area contributed by atoms with Crippen molar-refractivity contribution < 1.29 is 29.0 Å². The minimum absolute atomic E-state index is 0.0535. The lowest BCUT2D eigenvalue weighted by Crippen LogP contribution is -2.54. The van der Waals surface area contributed by atoms with Crippen LogP contribution in [0.3, 0.4) is 0 Å². The number of carbonyl (C=O) groups is 3. The number of carbonyl (C=O) groups excluding carboxylic acids is 2. The second-order valence-corrected chi connectivity index (χ2v) is 9.64. The number of alkyl carbamates (subject to hydrolysis) is 1. The molecular weight excluding hydrogens is 448 g/mol. The van der Waals surface area contributed by atoms with Gasteiger partial charge < -0.3 is 25.2 Å². The lowest BCUT2D eigenvalue weighted by atomic mass is 9.91. The second-order valence-electron chi connectivity index (χ2n) is 9.64. The van der Waals surface area contributed by atoms with Gasteiger partial charge in [-0.25, -0.2) is 9.59 Å². The predicted molar refractivity (Wildman–Crippen MR) is 130 cm³/mol. The van der Waals surface area contributed by atoms with Crippen LogP contribution < -0.4 is 10.6 Å². The van der Waals surface area contributed by atoms with Crippen LogP contribution in [0.25, 0.3) is 11.1 Å². The normalized spacial score (nSPS) is 17.9. The monoisotopic (exact) mass is 480 g/mol. The number of carboxylic acid groups (broad SMARTS) is 1. The van der Waals surface area contributed by atoms with E-state index >= 15 is 0 Å². The summed E-state index contributed by atoms with van der Waals surface area (Å²) in [5.74, 6) is -1.58. The number of carboxylic acids is 1. The first-order chi connectivity index (χ1) is 16.7. The highest BCUT2D eigenvalue weighted by molar-refractivity contribution is 5.85. The molecule has 1 saturated carbocycles. The SMILES string of the molecule is COC(C)C(NC(=O)CC(C)(NC(=O)OCC1c2ccccc2-c2ccccc21)C1CC1)C(=O)O.